The highest BCUT2D eigenvalue weighted by Crippen LogP contribution is 2.23. The molecule has 2 nitrogen and oxygen atoms in total. The maximum Gasteiger partial charge on any atom is 0.217 e. The predicted octanol–water partition coefficient (Wildman–Crippen LogP) is 1.14. The number of hydrogen-bond acceptors (Lipinski definition) is 2. The lowest BCUT2D eigenvalue weighted by Gasteiger charge is -2.10. The molecular formula is C7H11NOS. The fraction of sp³-hybridized carbons (Fsp3) is 0.571. The number of carbonyl (C=O) groups excluding carboxylic acids is 1. The lowest BCUT2D eigenvalue weighted by molar-refractivity contribution is -0.118. The zero-order valence-corrected chi connectivity index (χ0v) is 6.99. The van der Waals surface area contributed by atoms with Gasteiger partial charge in [0.2, 0.25) is 5.91 Å². The summed E-state index contributed by atoms with van der Waals surface area (Å²) in [7, 11) is 0. The minimum atomic E-state index is 0.0483. The van der Waals surface area contributed by atoms with E-state index in [0.29, 0.717) is 0 Å². The zero-order chi connectivity index (χ0) is 7.56. The summed E-state index contributed by atoms with van der Waals surface area (Å²) in [5.74, 6) is 1.07. The first-order valence-electron chi connectivity index (χ1n) is 3.25. The van der Waals surface area contributed by atoms with Gasteiger partial charge in [-0.2, -0.15) is 0 Å². The van der Waals surface area contributed by atoms with Gasteiger partial charge in [0, 0.05) is 12.7 Å². The lowest BCUT2D eigenvalue weighted by atomic mass is 10.3. The van der Waals surface area contributed by atoms with Crippen molar-refractivity contribution < 1.29 is 4.79 Å². The molecule has 0 aromatic carbocycles. The molecule has 0 spiro atoms. The largest absolute Gasteiger partial charge is 0.341 e. The molecule has 1 heterocycles. The molecular weight excluding hydrogens is 146 g/mol. The van der Waals surface area contributed by atoms with Gasteiger partial charge in [0.25, 0.3) is 0 Å². The van der Waals surface area contributed by atoms with Gasteiger partial charge in [-0.05, 0) is 12.5 Å². The Morgan fingerprint density at radius 2 is 2.60 bits per heavy atom. The molecule has 0 bridgehead atoms. The van der Waals surface area contributed by atoms with Crippen LogP contribution >= 0.6 is 11.8 Å². The molecule has 0 radical (unpaired) electrons. The van der Waals surface area contributed by atoms with Crippen LogP contribution in [0.2, 0.25) is 0 Å². The molecule has 0 saturated heterocycles. The van der Waals surface area contributed by atoms with Crippen molar-refractivity contribution in [1.82, 2.24) is 5.32 Å². The second-order valence-corrected chi connectivity index (χ2v) is 3.50. The van der Waals surface area contributed by atoms with E-state index >= 15 is 0 Å². The van der Waals surface area contributed by atoms with Crippen LogP contribution in [0.4, 0.5) is 0 Å². The van der Waals surface area contributed by atoms with Gasteiger partial charge in [-0.25, -0.2) is 0 Å². The monoisotopic (exact) mass is 157 g/mol. The quantitative estimate of drug-likeness (QED) is 0.578. The van der Waals surface area contributed by atoms with Crippen molar-refractivity contribution in [2.45, 2.75) is 19.2 Å². The maximum atomic E-state index is 10.6. The molecule has 0 aliphatic carbocycles. The Hall–Kier alpha value is -0.440. The molecule has 1 aliphatic rings. The summed E-state index contributed by atoms with van der Waals surface area (Å²) in [5.41, 5.74) is 1.26. The molecule has 3 heteroatoms. The summed E-state index contributed by atoms with van der Waals surface area (Å²) < 4.78 is 0. The number of thioether (sulfide) groups is 1. The number of nitrogens with one attached hydrogen (secondary N) is 1. The third-order valence-electron chi connectivity index (χ3n) is 1.42. The molecule has 1 amide bonds. The fourth-order valence-electron chi connectivity index (χ4n) is 0.854. The highest BCUT2D eigenvalue weighted by atomic mass is 32.2. The zero-order valence-electron chi connectivity index (χ0n) is 6.18. The van der Waals surface area contributed by atoms with Crippen molar-refractivity contribution in [3.05, 3.63) is 11.6 Å². The second-order valence-electron chi connectivity index (χ2n) is 2.36. The van der Waals surface area contributed by atoms with Crippen LogP contribution < -0.4 is 5.32 Å². The molecule has 10 heavy (non-hydrogen) atoms. The van der Waals surface area contributed by atoms with Crippen molar-refractivity contribution in [3.8, 4) is 0 Å². The fourth-order valence-corrected chi connectivity index (χ4v) is 2.01. The molecule has 1 rings (SSSR count). The van der Waals surface area contributed by atoms with Gasteiger partial charge in [-0.15, -0.1) is 11.8 Å². The van der Waals surface area contributed by atoms with E-state index in [2.05, 4.69) is 11.4 Å². The third kappa shape index (κ3) is 1.77. The van der Waals surface area contributed by atoms with Crippen molar-refractivity contribution in [1.29, 1.82) is 0 Å². The number of carbonyl (C=O) groups is 1. The molecule has 1 aliphatic heterocycles. The normalized spacial score (nSPS) is 24.2. The van der Waals surface area contributed by atoms with Gasteiger partial charge in [-0.1, -0.05) is 6.08 Å². The van der Waals surface area contributed by atoms with Gasteiger partial charge in [0.05, 0.1) is 5.37 Å². The van der Waals surface area contributed by atoms with E-state index in [9.17, 15) is 4.79 Å². The Morgan fingerprint density at radius 3 is 3.00 bits per heavy atom. The minimum absolute atomic E-state index is 0.0483. The van der Waals surface area contributed by atoms with Crippen molar-refractivity contribution in [3.63, 3.8) is 0 Å². The van der Waals surface area contributed by atoms with Crippen molar-refractivity contribution >= 4 is 17.7 Å². The average Bonchev–Trinajstić information content (AvgIpc) is 2.15. The Balaban J connectivity index is 2.43. The van der Waals surface area contributed by atoms with E-state index in [0.717, 1.165) is 5.75 Å². The number of rotatable bonds is 1. The summed E-state index contributed by atoms with van der Waals surface area (Å²) in [6, 6.07) is 0. The van der Waals surface area contributed by atoms with Crippen LogP contribution in [0.15, 0.2) is 11.6 Å². The lowest BCUT2D eigenvalue weighted by Crippen LogP contribution is -2.29. The third-order valence-corrected chi connectivity index (χ3v) is 2.60. The Labute approximate surface area is 65.1 Å². The number of amides is 1. The molecule has 56 valence electrons. The summed E-state index contributed by atoms with van der Waals surface area (Å²) >= 11 is 1.75. The average molecular weight is 157 g/mol. The minimum Gasteiger partial charge on any atom is -0.341 e. The van der Waals surface area contributed by atoms with Crippen molar-refractivity contribution in [2.75, 3.05) is 5.75 Å². The highest BCUT2D eigenvalue weighted by Gasteiger charge is 2.15. The van der Waals surface area contributed by atoms with Crippen LogP contribution in [-0.4, -0.2) is 17.0 Å². The molecule has 0 aromatic heterocycles. The SMILES string of the molecule is CC(=O)NC1SCC=C1C. The van der Waals surface area contributed by atoms with Crippen molar-refractivity contribution in [2.24, 2.45) is 0 Å². The standard InChI is InChI=1S/C7H11NOS/c1-5-3-4-10-7(5)8-6(2)9/h3,7H,4H2,1-2H3,(H,8,9). The van der Waals surface area contributed by atoms with Crippen LogP contribution in [-0.2, 0) is 4.79 Å². The van der Waals surface area contributed by atoms with Crippen LogP contribution in [0.25, 0.3) is 0 Å². The Bertz CT molecular complexity index is 176. The van der Waals surface area contributed by atoms with Gasteiger partial charge >= 0.3 is 0 Å². The van der Waals surface area contributed by atoms with Crippen LogP contribution in [0, 0.1) is 0 Å². The summed E-state index contributed by atoms with van der Waals surface area (Å²) in [6.45, 7) is 3.59. The first-order valence-corrected chi connectivity index (χ1v) is 4.30. The first-order chi connectivity index (χ1) is 4.70. The van der Waals surface area contributed by atoms with E-state index in [1.54, 1.807) is 18.7 Å². The highest BCUT2D eigenvalue weighted by molar-refractivity contribution is 8.00. The van der Waals surface area contributed by atoms with Crippen LogP contribution in [0.1, 0.15) is 13.8 Å². The van der Waals surface area contributed by atoms with Gasteiger partial charge in [0.15, 0.2) is 0 Å². The second kappa shape index (κ2) is 3.10. The molecule has 1 N–H and O–H groups in total. The van der Waals surface area contributed by atoms with Crippen LogP contribution in [0.3, 0.4) is 0 Å². The summed E-state index contributed by atoms with van der Waals surface area (Å²) in [5, 5.41) is 3.08. The topological polar surface area (TPSA) is 29.1 Å². The molecule has 0 aromatic rings. The Morgan fingerprint density at radius 1 is 1.90 bits per heavy atom. The van der Waals surface area contributed by atoms with E-state index < -0.39 is 0 Å². The van der Waals surface area contributed by atoms with Gasteiger partial charge in [-0.3, -0.25) is 4.79 Å². The van der Waals surface area contributed by atoms with Gasteiger partial charge < -0.3 is 5.32 Å². The molecule has 0 saturated carbocycles. The van der Waals surface area contributed by atoms with E-state index in [1.807, 2.05) is 6.92 Å². The summed E-state index contributed by atoms with van der Waals surface area (Å²) in [6.07, 6.45) is 2.14. The van der Waals surface area contributed by atoms with Gasteiger partial charge in [0.1, 0.15) is 0 Å². The van der Waals surface area contributed by atoms with E-state index in [1.165, 1.54) is 5.57 Å². The van der Waals surface area contributed by atoms with Crippen LogP contribution in [0.5, 0.6) is 0 Å². The predicted molar refractivity (Wildman–Crippen MR) is 43.8 cm³/mol. The first kappa shape index (κ1) is 7.66. The van der Waals surface area contributed by atoms with E-state index in [4.69, 9.17) is 0 Å². The molecule has 0 fully saturated rings. The summed E-state index contributed by atoms with van der Waals surface area (Å²) in [4.78, 5) is 10.6. The molecule has 1 unspecified atom stereocenters. The molecule has 1 atom stereocenters. The maximum absolute atomic E-state index is 10.6. The smallest absolute Gasteiger partial charge is 0.217 e. The Kier molecular flexibility index (Phi) is 2.38. The van der Waals surface area contributed by atoms with E-state index in [-0.39, 0.29) is 11.3 Å². The number of hydrogen-bond donors (Lipinski definition) is 1.